The number of methoxy groups -OCH3 is 2. The van der Waals surface area contributed by atoms with Gasteiger partial charge in [-0.15, -0.1) is 0 Å². The predicted octanol–water partition coefficient (Wildman–Crippen LogP) is 2.49. The van der Waals surface area contributed by atoms with Crippen LogP contribution in [0.5, 0.6) is 0 Å². The van der Waals surface area contributed by atoms with E-state index < -0.39 is 11.8 Å². The highest BCUT2D eigenvalue weighted by molar-refractivity contribution is 7.98. The molecule has 1 rings (SSSR count). The van der Waals surface area contributed by atoms with Crippen molar-refractivity contribution in [1.82, 2.24) is 0 Å². The van der Waals surface area contributed by atoms with Gasteiger partial charge in [-0.2, -0.15) is 11.8 Å². The third kappa shape index (κ3) is 4.36. The maximum atomic E-state index is 13.5. The van der Waals surface area contributed by atoms with E-state index >= 15 is 0 Å². The van der Waals surface area contributed by atoms with E-state index in [4.69, 9.17) is 4.74 Å². The molecule has 0 bridgehead atoms. The fraction of sp³-hybridized carbons (Fsp3) is 0.417. The molecular formula is C12H15FO3S. The van der Waals surface area contributed by atoms with Crippen LogP contribution in [0.2, 0.25) is 0 Å². The SMILES string of the molecule is COCCSCc1ccc(C(=O)OC)c(F)c1. The molecule has 0 fully saturated rings. The Morgan fingerprint density at radius 2 is 2.18 bits per heavy atom. The Kier molecular flexibility index (Phi) is 6.00. The van der Waals surface area contributed by atoms with Crippen LogP contribution in [0, 0.1) is 5.82 Å². The van der Waals surface area contributed by atoms with Crippen LogP contribution < -0.4 is 0 Å². The van der Waals surface area contributed by atoms with E-state index in [-0.39, 0.29) is 5.56 Å². The van der Waals surface area contributed by atoms with Crippen molar-refractivity contribution in [3.8, 4) is 0 Å². The van der Waals surface area contributed by atoms with Gasteiger partial charge in [-0.3, -0.25) is 0 Å². The average molecular weight is 258 g/mol. The van der Waals surface area contributed by atoms with Crippen LogP contribution in [-0.4, -0.2) is 32.5 Å². The molecular weight excluding hydrogens is 243 g/mol. The highest BCUT2D eigenvalue weighted by Gasteiger charge is 2.11. The first kappa shape index (κ1) is 14.0. The minimum absolute atomic E-state index is 0.0295. The maximum Gasteiger partial charge on any atom is 0.340 e. The largest absolute Gasteiger partial charge is 0.465 e. The second kappa shape index (κ2) is 7.29. The van der Waals surface area contributed by atoms with Gasteiger partial charge in [-0.1, -0.05) is 6.07 Å². The summed E-state index contributed by atoms with van der Waals surface area (Å²) in [6.07, 6.45) is 0. The zero-order valence-electron chi connectivity index (χ0n) is 9.86. The molecule has 17 heavy (non-hydrogen) atoms. The maximum absolute atomic E-state index is 13.5. The van der Waals surface area contributed by atoms with Crippen LogP contribution in [0.4, 0.5) is 4.39 Å². The van der Waals surface area contributed by atoms with Crippen molar-refractivity contribution >= 4 is 17.7 Å². The molecule has 0 radical (unpaired) electrons. The standard InChI is InChI=1S/C12H15FO3S/c1-15-5-6-17-8-9-3-4-10(11(13)7-9)12(14)16-2/h3-4,7H,5-6,8H2,1-2H3. The summed E-state index contributed by atoms with van der Waals surface area (Å²) in [5.74, 6) is 0.362. The lowest BCUT2D eigenvalue weighted by atomic mass is 10.1. The van der Waals surface area contributed by atoms with Gasteiger partial charge in [-0.05, 0) is 17.7 Å². The fourth-order valence-electron chi connectivity index (χ4n) is 1.26. The minimum atomic E-state index is -0.652. The van der Waals surface area contributed by atoms with Gasteiger partial charge in [0.25, 0.3) is 0 Å². The zero-order chi connectivity index (χ0) is 12.7. The fourth-order valence-corrected chi connectivity index (χ4v) is 2.10. The quantitative estimate of drug-likeness (QED) is 0.580. The molecule has 94 valence electrons. The Balaban J connectivity index is 2.59. The van der Waals surface area contributed by atoms with Gasteiger partial charge in [-0.25, -0.2) is 9.18 Å². The summed E-state index contributed by atoms with van der Waals surface area (Å²) in [6, 6.07) is 4.55. The first-order chi connectivity index (χ1) is 8.19. The molecule has 0 saturated heterocycles. The molecule has 3 nitrogen and oxygen atoms in total. The lowest BCUT2D eigenvalue weighted by molar-refractivity contribution is 0.0595. The van der Waals surface area contributed by atoms with E-state index in [9.17, 15) is 9.18 Å². The average Bonchev–Trinajstić information content (AvgIpc) is 2.34. The molecule has 0 aliphatic heterocycles. The number of benzene rings is 1. The van der Waals surface area contributed by atoms with Crippen molar-refractivity contribution in [3.05, 3.63) is 35.1 Å². The molecule has 0 N–H and O–H groups in total. The summed E-state index contributed by atoms with van der Waals surface area (Å²) < 4.78 is 22.9. The van der Waals surface area contributed by atoms with Crippen LogP contribution in [0.1, 0.15) is 15.9 Å². The Labute approximate surface area is 104 Å². The van der Waals surface area contributed by atoms with Crippen molar-refractivity contribution in [2.75, 3.05) is 26.6 Å². The summed E-state index contributed by atoms with van der Waals surface area (Å²) in [5.41, 5.74) is 0.814. The summed E-state index contributed by atoms with van der Waals surface area (Å²) in [4.78, 5) is 11.2. The van der Waals surface area contributed by atoms with E-state index in [0.717, 1.165) is 11.3 Å². The van der Waals surface area contributed by atoms with Crippen molar-refractivity contribution in [1.29, 1.82) is 0 Å². The van der Waals surface area contributed by atoms with E-state index in [2.05, 4.69) is 4.74 Å². The molecule has 1 aromatic rings. The highest BCUT2D eigenvalue weighted by Crippen LogP contribution is 2.16. The zero-order valence-corrected chi connectivity index (χ0v) is 10.7. The Morgan fingerprint density at radius 3 is 2.76 bits per heavy atom. The molecule has 0 heterocycles. The normalized spacial score (nSPS) is 10.3. The number of carbonyl (C=O) groups is 1. The lowest BCUT2D eigenvalue weighted by Gasteiger charge is -2.05. The van der Waals surface area contributed by atoms with E-state index in [1.165, 1.54) is 19.2 Å². The van der Waals surface area contributed by atoms with Crippen LogP contribution in [0.25, 0.3) is 0 Å². The second-order valence-corrected chi connectivity index (χ2v) is 4.46. The van der Waals surface area contributed by atoms with E-state index in [0.29, 0.717) is 12.4 Å². The molecule has 0 aromatic heterocycles. The number of halogens is 1. The van der Waals surface area contributed by atoms with Crippen LogP contribution in [-0.2, 0) is 15.2 Å². The van der Waals surface area contributed by atoms with E-state index in [1.54, 1.807) is 24.9 Å². The lowest BCUT2D eigenvalue weighted by Crippen LogP contribution is -2.04. The molecule has 0 saturated carbocycles. The topological polar surface area (TPSA) is 35.5 Å². The monoisotopic (exact) mass is 258 g/mol. The highest BCUT2D eigenvalue weighted by atomic mass is 32.2. The smallest absolute Gasteiger partial charge is 0.340 e. The van der Waals surface area contributed by atoms with Crippen LogP contribution in [0.3, 0.4) is 0 Å². The molecule has 0 aliphatic rings. The van der Waals surface area contributed by atoms with Gasteiger partial charge >= 0.3 is 5.97 Å². The number of carbonyl (C=O) groups excluding carboxylic acids is 1. The van der Waals surface area contributed by atoms with Gasteiger partial charge in [0, 0.05) is 18.6 Å². The Morgan fingerprint density at radius 1 is 1.41 bits per heavy atom. The van der Waals surface area contributed by atoms with Gasteiger partial charge in [0.1, 0.15) is 5.82 Å². The molecule has 0 unspecified atom stereocenters. The third-order valence-electron chi connectivity index (χ3n) is 2.14. The molecule has 0 amide bonds. The molecule has 5 heteroatoms. The number of hydrogen-bond donors (Lipinski definition) is 0. The number of esters is 1. The van der Waals surface area contributed by atoms with Crippen molar-refractivity contribution in [2.45, 2.75) is 5.75 Å². The van der Waals surface area contributed by atoms with Gasteiger partial charge in [0.15, 0.2) is 0 Å². The Bertz CT molecular complexity index is 382. The van der Waals surface area contributed by atoms with E-state index in [1.807, 2.05) is 0 Å². The number of hydrogen-bond acceptors (Lipinski definition) is 4. The summed E-state index contributed by atoms with van der Waals surface area (Å²) in [5, 5.41) is 0. The number of rotatable bonds is 6. The molecule has 0 aliphatic carbocycles. The first-order valence-corrected chi connectivity index (χ1v) is 6.28. The van der Waals surface area contributed by atoms with Crippen LogP contribution >= 0.6 is 11.8 Å². The van der Waals surface area contributed by atoms with Crippen molar-refractivity contribution in [2.24, 2.45) is 0 Å². The van der Waals surface area contributed by atoms with Gasteiger partial charge in [0.05, 0.1) is 19.3 Å². The predicted molar refractivity (Wildman–Crippen MR) is 65.8 cm³/mol. The third-order valence-corrected chi connectivity index (χ3v) is 3.13. The van der Waals surface area contributed by atoms with Crippen molar-refractivity contribution in [3.63, 3.8) is 0 Å². The second-order valence-electron chi connectivity index (χ2n) is 3.35. The van der Waals surface area contributed by atoms with Crippen molar-refractivity contribution < 1.29 is 18.7 Å². The van der Waals surface area contributed by atoms with Gasteiger partial charge < -0.3 is 9.47 Å². The first-order valence-electron chi connectivity index (χ1n) is 5.12. The summed E-state index contributed by atoms with van der Waals surface area (Å²) in [7, 11) is 2.88. The van der Waals surface area contributed by atoms with Crippen LogP contribution in [0.15, 0.2) is 18.2 Å². The minimum Gasteiger partial charge on any atom is -0.465 e. The number of thioether (sulfide) groups is 1. The number of ether oxygens (including phenoxy) is 2. The van der Waals surface area contributed by atoms with Gasteiger partial charge in [0.2, 0.25) is 0 Å². The summed E-state index contributed by atoms with van der Waals surface area (Å²) in [6.45, 7) is 0.674. The summed E-state index contributed by atoms with van der Waals surface area (Å²) >= 11 is 1.65. The molecule has 0 atom stereocenters. The molecule has 0 spiro atoms. The Hall–Kier alpha value is -1.07. The molecule has 1 aromatic carbocycles.